The molecule has 1 aliphatic heterocycles. The minimum Gasteiger partial charge on any atom is -0.457 e. The average Bonchev–Trinajstić information content (AvgIpc) is 3.17. The number of carbonyl (C=O) groups is 1. The highest BCUT2D eigenvalue weighted by Crippen LogP contribution is 2.26. The molecule has 6 atom stereocenters. The number of allylic oxidation sites excluding steroid dienone is 6. The first-order valence-corrected chi connectivity index (χ1v) is 23.1. The van der Waals surface area contributed by atoms with Crippen molar-refractivity contribution in [3.8, 4) is 0 Å². The molecule has 0 amide bonds. The van der Waals surface area contributed by atoms with Crippen LogP contribution >= 0.6 is 0 Å². The molecular weight excluding hydrogens is 741 g/mol. The average molecular weight is 819 g/mol. The highest BCUT2D eigenvalue weighted by Gasteiger charge is 2.48. The van der Waals surface area contributed by atoms with Crippen molar-refractivity contribution in [2.45, 2.75) is 205 Å². The maximum atomic E-state index is 12.8. The van der Waals surface area contributed by atoms with Gasteiger partial charge in [-0.15, -0.1) is 0 Å². The summed E-state index contributed by atoms with van der Waals surface area (Å²) in [5.41, 5.74) is 0. The maximum Gasteiger partial charge on any atom is 0.397 e. The van der Waals surface area contributed by atoms with Crippen molar-refractivity contribution in [3.63, 3.8) is 0 Å². The van der Waals surface area contributed by atoms with E-state index in [0.29, 0.717) is 13.0 Å². The fourth-order valence-corrected chi connectivity index (χ4v) is 7.02. The molecular formula is C43H78O12S. The van der Waals surface area contributed by atoms with E-state index in [1.165, 1.54) is 70.6 Å². The molecule has 1 saturated heterocycles. The van der Waals surface area contributed by atoms with Crippen molar-refractivity contribution < 1.29 is 56.2 Å². The molecule has 1 heterocycles. The zero-order valence-corrected chi connectivity index (χ0v) is 35.5. The molecule has 0 aromatic rings. The van der Waals surface area contributed by atoms with E-state index in [1.54, 1.807) is 0 Å². The molecule has 4 N–H and O–H groups in total. The van der Waals surface area contributed by atoms with Gasteiger partial charge in [0.2, 0.25) is 0 Å². The number of hydrogen-bond donors (Lipinski definition) is 4. The van der Waals surface area contributed by atoms with Gasteiger partial charge >= 0.3 is 16.4 Å². The third-order valence-electron chi connectivity index (χ3n) is 9.78. The minimum atomic E-state index is -5.06. The third-order valence-corrected chi connectivity index (χ3v) is 10.2. The second-order valence-electron chi connectivity index (χ2n) is 14.9. The molecule has 0 spiro atoms. The van der Waals surface area contributed by atoms with Gasteiger partial charge in [-0.2, -0.15) is 8.42 Å². The van der Waals surface area contributed by atoms with Gasteiger partial charge in [-0.25, -0.2) is 4.18 Å². The van der Waals surface area contributed by atoms with Gasteiger partial charge in [0, 0.05) is 13.0 Å². The van der Waals surface area contributed by atoms with E-state index < -0.39 is 59.8 Å². The van der Waals surface area contributed by atoms with Gasteiger partial charge in [0.25, 0.3) is 0 Å². The van der Waals surface area contributed by atoms with E-state index in [0.717, 1.165) is 70.6 Å². The van der Waals surface area contributed by atoms with Gasteiger partial charge in [-0.1, -0.05) is 153 Å². The van der Waals surface area contributed by atoms with Crippen molar-refractivity contribution >= 4 is 16.4 Å². The summed E-state index contributed by atoms with van der Waals surface area (Å²) in [6.45, 7) is 3.86. The van der Waals surface area contributed by atoms with Crippen molar-refractivity contribution in [2.75, 3.05) is 26.4 Å². The van der Waals surface area contributed by atoms with E-state index >= 15 is 0 Å². The van der Waals surface area contributed by atoms with Gasteiger partial charge in [0.05, 0.1) is 19.8 Å². The summed E-state index contributed by atoms with van der Waals surface area (Å²) >= 11 is 0. The number of ether oxygens (including phenoxy) is 4. The van der Waals surface area contributed by atoms with Gasteiger partial charge in [0.1, 0.15) is 30.5 Å². The van der Waals surface area contributed by atoms with Crippen LogP contribution in [0.2, 0.25) is 0 Å². The third kappa shape index (κ3) is 28.7. The minimum absolute atomic E-state index is 0.0339. The maximum absolute atomic E-state index is 12.8. The number of unbranched alkanes of at least 4 members (excludes halogenated alkanes) is 18. The Labute approximate surface area is 339 Å². The molecule has 0 radical (unpaired) electrons. The quantitative estimate of drug-likeness (QED) is 0.0203. The van der Waals surface area contributed by atoms with Crippen LogP contribution in [0.15, 0.2) is 36.5 Å². The number of aliphatic hydroxyl groups is 3. The highest BCUT2D eigenvalue weighted by atomic mass is 32.3. The lowest BCUT2D eigenvalue weighted by molar-refractivity contribution is -0.301. The van der Waals surface area contributed by atoms with Crippen LogP contribution in [0, 0.1) is 0 Å². The summed E-state index contributed by atoms with van der Waals surface area (Å²) in [6, 6.07) is 0. The molecule has 0 bridgehead atoms. The molecule has 12 nitrogen and oxygen atoms in total. The van der Waals surface area contributed by atoms with Crippen LogP contribution in [0.4, 0.5) is 0 Å². The molecule has 1 rings (SSSR count). The van der Waals surface area contributed by atoms with Gasteiger partial charge in [0.15, 0.2) is 6.29 Å². The van der Waals surface area contributed by atoms with E-state index in [2.05, 4.69) is 54.5 Å². The molecule has 56 heavy (non-hydrogen) atoms. The number of rotatable bonds is 37. The predicted molar refractivity (Wildman–Crippen MR) is 220 cm³/mol. The zero-order valence-electron chi connectivity index (χ0n) is 34.7. The summed E-state index contributed by atoms with van der Waals surface area (Å²) in [5, 5.41) is 30.6. The SMILES string of the molecule is CC/C=C\C/C=C\C/C=C\CCCCCCCCCC(=O)OC(COCCCCCCCCCCCCCC)COC1OC(CO)C(O)C(OS(=O)(=O)O)C1O. The van der Waals surface area contributed by atoms with Gasteiger partial charge < -0.3 is 34.3 Å². The Hall–Kier alpha value is -1.68. The molecule has 328 valence electrons. The molecule has 6 unspecified atom stereocenters. The Bertz CT molecular complexity index is 1130. The smallest absolute Gasteiger partial charge is 0.397 e. The van der Waals surface area contributed by atoms with Crippen molar-refractivity contribution in [1.82, 2.24) is 0 Å². The fraction of sp³-hybridized carbons (Fsp3) is 0.837. The van der Waals surface area contributed by atoms with Crippen LogP contribution in [0.25, 0.3) is 0 Å². The molecule has 0 aromatic carbocycles. The summed E-state index contributed by atoms with van der Waals surface area (Å²) in [4.78, 5) is 12.8. The standard InChI is InChI=1S/C43H78O12S/c1-3-5-7-9-11-13-15-17-18-19-20-21-22-24-26-28-30-32-39(45)53-37(35-51-33-31-29-27-25-23-16-14-12-10-8-6-4-2)36-52-43-41(47)42(55-56(48,49)50)40(46)38(34-44)54-43/h5,7,11,13,17-18,37-38,40-44,46-47H,3-4,6,8-10,12,14-16,19-36H2,1-2H3,(H,48,49,50)/b7-5-,13-11-,18-17-. The van der Waals surface area contributed by atoms with Crippen molar-refractivity contribution in [2.24, 2.45) is 0 Å². The summed E-state index contributed by atoms with van der Waals surface area (Å²) < 4.78 is 58.9. The summed E-state index contributed by atoms with van der Waals surface area (Å²) in [5.74, 6) is -0.409. The Kier molecular flexibility index (Phi) is 33.0. The van der Waals surface area contributed by atoms with Crippen LogP contribution in [0.1, 0.15) is 168 Å². The van der Waals surface area contributed by atoms with E-state index in [9.17, 15) is 28.5 Å². The molecule has 0 aliphatic carbocycles. The summed E-state index contributed by atoms with van der Waals surface area (Å²) in [6.07, 6.45) is 30.3. The Morgan fingerprint density at radius 3 is 1.80 bits per heavy atom. The first-order chi connectivity index (χ1) is 27.1. The predicted octanol–water partition coefficient (Wildman–Crippen LogP) is 8.63. The molecule has 0 saturated carbocycles. The lowest BCUT2D eigenvalue weighted by atomic mass is 9.99. The van der Waals surface area contributed by atoms with Crippen LogP contribution in [-0.2, 0) is 38.3 Å². The largest absolute Gasteiger partial charge is 0.457 e. The van der Waals surface area contributed by atoms with E-state index in [1.807, 2.05) is 0 Å². The number of hydrogen-bond acceptors (Lipinski definition) is 11. The number of carbonyl (C=O) groups excluding carboxylic acids is 1. The first-order valence-electron chi connectivity index (χ1n) is 21.7. The normalized spacial score (nSPS) is 21.1. The van der Waals surface area contributed by atoms with Crippen LogP contribution in [-0.4, -0.2) is 97.5 Å². The van der Waals surface area contributed by atoms with Gasteiger partial charge in [-0.3, -0.25) is 9.35 Å². The fourth-order valence-electron chi connectivity index (χ4n) is 6.51. The van der Waals surface area contributed by atoms with E-state index in [-0.39, 0.29) is 19.6 Å². The topological polar surface area (TPSA) is 178 Å². The molecule has 0 aromatic heterocycles. The van der Waals surface area contributed by atoms with Crippen LogP contribution in [0.5, 0.6) is 0 Å². The summed E-state index contributed by atoms with van der Waals surface area (Å²) in [7, 11) is -5.06. The Morgan fingerprint density at radius 1 is 0.696 bits per heavy atom. The second-order valence-corrected chi connectivity index (χ2v) is 16.0. The van der Waals surface area contributed by atoms with Crippen molar-refractivity contribution in [1.29, 1.82) is 0 Å². The number of aliphatic hydroxyl groups excluding tert-OH is 3. The van der Waals surface area contributed by atoms with E-state index in [4.69, 9.17) is 23.5 Å². The Morgan fingerprint density at radius 2 is 1.23 bits per heavy atom. The molecule has 1 aliphatic rings. The van der Waals surface area contributed by atoms with Gasteiger partial charge in [-0.05, 0) is 44.9 Å². The number of esters is 1. The Balaban J connectivity index is 2.45. The highest BCUT2D eigenvalue weighted by molar-refractivity contribution is 7.80. The van der Waals surface area contributed by atoms with Crippen LogP contribution in [0.3, 0.4) is 0 Å². The van der Waals surface area contributed by atoms with Crippen LogP contribution < -0.4 is 0 Å². The first kappa shape index (κ1) is 52.3. The second kappa shape index (κ2) is 35.3. The lowest BCUT2D eigenvalue weighted by Crippen LogP contribution is -2.60. The monoisotopic (exact) mass is 819 g/mol. The lowest BCUT2D eigenvalue weighted by Gasteiger charge is -2.41. The molecule has 13 heteroatoms. The molecule has 1 fully saturated rings. The van der Waals surface area contributed by atoms with Crippen molar-refractivity contribution in [3.05, 3.63) is 36.5 Å². The zero-order chi connectivity index (χ0) is 41.1.